The number of ether oxygens (including phenoxy) is 2. The molecule has 0 aliphatic carbocycles. The van der Waals surface area contributed by atoms with Gasteiger partial charge in [-0.3, -0.25) is 4.79 Å². The van der Waals surface area contributed by atoms with E-state index in [9.17, 15) is 4.79 Å². The lowest BCUT2D eigenvalue weighted by Crippen LogP contribution is -2.30. The van der Waals surface area contributed by atoms with Gasteiger partial charge in [0, 0.05) is 37.2 Å². The lowest BCUT2D eigenvalue weighted by Gasteiger charge is -2.23. The SMILES string of the molecule is COc1ccc(/C=C/C(=O)N2CCCC2c2nnc3n2CCCCC3)c(OC)c1. The maximum absolute atomic E-state index is 13.0. The number of rotatable bonds is 5. The molecule has 1 aromatic carbocycles. The van der Waals surface area contributed by atoms with Gasteiger partial charge in [0.15, 0.2) is 5.82 Å². The fraction of sp³-hybridized carbons (Fsp3) is 0.500. The molecule has 2 aromatic rings. The van der Waals surface area contributed by atoms with E-state index in [2.05, 4.69) is 14.8 Å². The quantitative estimate of drug-likeness (QED) is 0.725. The third-order valence-corrected chi connectivity index (χ3v) is 5.82. The van der Waals surface area contributed by atoms with E-state index >= 15 is 0 Å². The second-order valence-electron chi connectivity index (χ2n) is 7.57. The smallest absolute Gasteiger partial charge is 0.247 e. The first-order valence-electron chi connectivity index (χ1n) is 10.3. The zero-order valence-corrected chi connectivity index (χ0v) is 17.1. The number of carbonyl (C=O) groups excluding carboxylic acids is 1. The Bertz CT molecular complexity index is 905. The number of methoxy groups -OCH3 is 2. The summed E-state index contributed by atoms with van der Waals surface area (Å²) in [6.45, 7) is 1.70. The number of nitrogens with zero attached hydrogens (tertiary/aromatic N) is 4. The largest absolute Gasteiger partial charge is 0.497 e. The predicted octanol–water partition coefficient (Wildman–Crippen LogP) is 3.40. The zero-order chi connectivity index (χ0) is 20.2. The Balaban J connectivity index is 1.53. The summed E-state index contributed by atoms with van der Waals surface area (Å²) in [5.41, 5.74) is 0.841. The van der Waals surface area contributed by atoms with E-state index < -0.39 is 0 Å². The molecule has 0 N–H and O–H groups in total. The van der Waals surface area contributed by atoms with Crippen LogP contribution in [0.5, 0.6) is 11.5 Å². The van der Waals surface area contributed by atoms with Crippen LogP contribution in [0.15, 0.2) is 24.3 Å². The summed E-state index contributed by atoms with van der Waals surface area (Å²) >= 11 is 0. The van der Waals surface area contributed by atoms with Crippen LogP contribution in [0.1, 0.15) is 55.4 Å². The summed E-state index contributed by atoms with van der Waals surface area (Å²) in [5, 5.41) is 8.90. The van der Waals surface area contributed by atoms with Crippen LogP contribution in [0.2, 0.25) is 0 Å². The van der Waals surface area contributed by atoms with Crippen LogP contribution < -0.4 is 9.47 Å². The van der Waals surface area contributed by atoms with Crippen molar-refractivity contribution in [3.05, 3.63) is 41.5 Å². The van der Waals surface area contributed by atoms with Gasteiger partial charge in [-0.1, -0.05) is 6.42 Å². The van der Waals surface area contributed by atoms with Crippen LogP contribution in [-0.4, -0.2) is 46.3 Å². The predicted molar refractivity (Wildman–Crippen MR) is 110 cm³/mol. The van der Waals surface area contributed by atoms with Crippen molar-refractivity contribution in [2.24, 2.45) is 0 Å². The molecule has 4 rings (SSSR count). The Kier molecular flexibility index (Phi) is 5.83. The molecule has 3 heterocycles. The lowest BCUT2D eigenvalue weighted by atomic mass is 10.1. The fourth-order valence-corrected chi connectivity index (χ4v) is 4.27. The highest BCUT2D eigenvalue weighted by Gasteiger charge is 2.33. The molecule has 7 nitrogen and oxygen atoms in total. The molecule has 1 aromatic heterocycles. The minimum Gasteiger partial charge on any atom is -0.497 e. The molecule has 2 aliphatic heterocycles. The molecule has 7 heteroatoms. The number of aromatic nitrogens is 3. The first kappa shape index (κ1) is 19.5. The Morgan fingerprint density at radius 3 is 2.83 bits per heavy atom. The maximum Gasteiger partial charge on any atom is 0.247 e. The number of carbonyl (C=O) groups is 1. The van der Waals surface area contributed by atoms with E-state index in [4.69, 9.17) is 9.47 Å². The molecule has 1 saturated heterocycles. The normalized spacial score (nSPS) is 19.2. The Morgan fingerprint density at radius 1 is 1.10 bits per heavy atom. The third kappa shape index (κ3) is 3.99. The van der Waals surface area contributed by atoms with Crippen LogP contribution in [0.4, 0.5) is 0 Å². The number of benzene rings is 1. The molecule has 1 fully saturated rings. The third-order valence-electron chi connectivity index (χ3n) is 5.82. The second kappa shape index (κ2) is 8.68. The second-order valence-corrected chi connectivity index (χ2v) is 7.57. The van der Waals surface area contributed by atoms with E-state index in [-0.39, 0.29) is 11.9 Å². The van der Waals surface area contributed by atoms with Crippen LogP contribution in [-0.2, 0) is 17.8 Å². The molecule has 29 heavy (non-hydrogen) atoms. The highest BCUT2D eigenvalue weighted by Crippen LogP contribution is 2.33. The molecule has 0 radical (unpaired) electrons. The number of fused-ring (bicyclic) bond motifs is 1. The summed E-state index contributed by atoms with van der Waals surface area (Å²) in [7, 11) is 3.23. The van der Waals surface area contributed by atoms with Crippen molar-refractivity contribution in [2.75, 3.05) is 20.8 Å². The van der Waals surface area contributed by atoms with Crippen LogP contribution >= 0.6 is 0 Å². The van der Waals surface area contributed by atoms with E-state index in [1.165, 1.54) is 6.42 Å². The molecule has 154 valence electrons. The van der Waals surface area contributed by atoms with Gasteiger partial charge >= 0.3 is 0 Å². The average Bonchev–Trinajstić information content (AvgIpc) is 3.32. The Morgan fingerprint density at radius 2 is 2.00 bits per heavy atom. The van der Waals surface area contributed by atoms with Crippen molar-refractivity contribution in [2.45, 2.75) is 51.1 Å². The summed E-state index contributed by atoms with van der Waals surface area (Å²) in [6.07, 6.45) is 9.87. The summed E-state index contributed by atoms with van der Waals surface area (Å²) < 4.78 is 12.9. The highest BCUT2D eigenvalue weighted by atomic mass is 16.5. The fourth-order valence-electron chi connectivity index (χ4n) is 4.27. The average molecular weight is 396 g/mol. The van der Waals surface area contributed by atoms with E-state index in [0.717, 1.165) is 68.2 Å². The van der Waals surface area contributed by atoms with Crippen molar-refractivity contribution >= 4 is 12.0 Å². The van der Waals surface area contributed by atoms with E-state index in [1.807, 2.05) is 23.1 Å². The molecule has 1 unspecified atom stereocenters. The summed E-state index contributed by atoms with van der Waals surface area (Å²) in [5.74, 6) is 3.40. The molecule has 1 amide bonds. The van der Waals surface area contributed by atoms with Gasteiger partial charge in [-0.05, 0) is 43.9 Å². The van der Waals surface area contributed by atoms with Crippen molar-refractivity contribution in [3.63, 3.8) is 0 Å². The van der Waals surface area contributed by atoms with Gasteiger partial charge in [0.1, 0.15) is 17.3 Å². The molecule has 0 bridgehead atoms. The minimum atomic E-state index is -0.00339. The molecule has 1 atom stereocenters. The van der Waals surface area contributed by atoms with Crippen LogP contribution in [0.3, 0.4) is 0 Å². The van der Waals surface area contributed by atoms with Gasteiger partial charge in [-0.15, -0.1) is 10.2 Å². The van der Waals surface area contributed by atoms with Crippen LogP contribution in [0.25, 0.3) is 6.08 Å². The van der Waals surface area contributed by atoms with Gasteiger partial charge < -0.3 is 18.9 Å². The van der Waals surface area contributed by atoms with Crippen molar-refractivity contribution in [3.8, 4) is 11.5 Å². The van der Waals surface area contributed by atoms with Crippen molar-refractivity contribution in [1.82, 2.24) is 19.7 Å². The first-order chi connectivity index (χ1) is 14.2. The standard InChI is InChI=1S/C22H28N4O3/c1-28-17-11-9-16(19(15-17)29-2)10-12-21(27)25-14-6-7-18(25)22-24-23-20-8-4-3-5-13-26(20)22/h9-12,15,18H,3-8,13-14H2,1-2H3/b12-10+. The van der Waals surface area contributed by atoms with Crippen molar-refractivity contribution < 1.29 is 14.3 Å². The number of amides is 1. The highest BCUT2D eigenvalue weighted by molar-refractivity contribution is 5.92. The Hall–Kier alpha value is -2.83. The van der Waals surface area contributed by atoms with Gasteiger partial charge in [0.25, 0.3) is 0 Å². The number of aryl methyl sites for hydroxylation is 1. The van der Waals surface area contributed by atoms with Gasteiger partial charge in [-0.25, -0.2) is 0 Å². The zero-order valence-electron chi connectivity index (χ0n) is 17.1. The minimum absolute atomic E-state index is 0.00339. The Labute approximate surface area is 171 Å². The first-order valence-corrected chi connectivity index (χ1v) is 10.3. The van der Waals surface area contributed by atoms with Crippen LogP contribution in [0, 0.1) is 0 Å². The molecular weight excluding hydrogens is 368 g/mol. The molecular formula is C22H28N4O3. The lowest BCUT2D eigenvalue weighted by molar-refractivity contribution is -0.127. The number of hydrogen-bond acceptors (Lipinski definition) is 5. The summed E-state index contributed by atoms with van der Waals surface area (Å²) in [6, 6.07) is 5.57. The van der Waals surface area contributed by atoms with E-state index in [0.29, 0.717) is 5.75 Å². The van der Waals surface area contributed by atoms with Gasteiger partial charge in [0.2, 0.25) is 5.91 Å². The summed E-state index contributed by atoms with van der Waals surface area (Å²) in [4.78, 5) is 14.9. The molecule has 0 saturated carbocycles. The number of likely N-dealkylation sites (tertiary alicyclic amines) is 1. The van der Waals surface area contributed by atoms with Gasteiger partial charge in [0.05, 0.1) is 20.3 Å². The number of hydrogen-bond donors (Lipinski definition) is 0. The molecule has 0 spiro atoms. The topological polar surface area (TPSA) is 69.5 Å². The van der Waals surface area contributed by atoms with Gasteiger partial charge in [-0.2, -0.15) is 0 Å². The molecule has 2 aliphatic rings. The van der Waals surface area contributed by atoms with Crippen molar-refractivity contribution in [1.29, 1.82) is 0 Å². The van der Waals surface area contributed by atoms with E-state index in [1.54, 1.807) is 26.4 Å². The monoisotopic (exact) mass is 396 g/mol. The maximum atomic E-state index is 13.0.